The van der Waals surface area contributed by atoms with Gasteiger partial charge in [0.05, 0.1) is 5.02 Å². The minimum absolute atomic E-state index is 0.0887. The second-order valence-corrected chi connectivity index (χ2v) is 4.00. The number of rotatable bonds is 2. The van der Waals surface area contributed by atoms with Crippen molar-refractivity contribution in [2.24, 2.45) is 0 Å². The first-order valence-corrected chi connectivity index (χ1v) is 4.67. The highest BCUT2D eigenvalue weighted by molar-refractivity contribution is 6.32. The van der Waals surface area contributed by atoms with E-state index in [1.807, 2.05) is 0 Å². The molecule has 0 spiro atoms. The second kappa shape index (κ2) is 4.06. The maximum Gasteiger partial charge on any atom is 0.261 e. The van der Waals surface area contributed by atoms with Crippen LogP contribution in [0.3, 0.4) is 0 Å². The Morgan fingerprint density at radius 2 is 2.13 bits per heavy atom. The quantitative estimate of drug-likeness (QED) is 0.769. The van der Waals surface area contributed by atoms with E-state index >= 15 is 0 Å². The van der Waals surface area contributed by atoms with Crippen molar-refractivity contribution in [3.05, 3.63) is 23.2 Å². The van der Waals surface area contributed by atoms with Crippen LogP contribution in [0.4, 0.5) is 10.1 Å². The molecule has 0 bridgehead atoms. The summed E-state index contributed by atoms with van der Waals surface area (Å²) < 4.78 is 13.2. The molecule has 2 N–H and O–H groups in total. The first-order chi connectivity index (χ1) is 6.80. The van der Waals surface area contributed by atoms with Gasteiger partial charge in [0.15, 0.2) is 5.67 Å². The van der Waals surface area contributed by atoms with Crippen molar-refractivity contribution in [1.82, 2.24) is 0 Å². The third-order valence-corrected chi connectivity index (χ3v) is 2.05. The van der Waals surface area contributed by atoms with Crippen LogP contribution in [0.15, 0.2) is 18.2 Å². The molecule has 0 aliphatic heterocycles. The average molecular weight is 232 g/mol. The number of hydrogen-bond acceptors (Lipinski definition) is 2. The first-order valence-electron chi connectivity index (χ1n) is 4.29. The molecule has 1 rings (SSSR count). The van der Waals surface area contributed by atoms with Crippen molar-refractivity contribution in [3.8, 4) is 5.75 Å². The number of benzene rings is 1. The highest BCUT2D eigenvalue weighted by Crippen LogP contribution is 2.26. The van der Waals surface area contributed by atoms with Gasteiger partial charge in [0, 0.05) is 5.69 Å². The Bertz CT molecular complexity index is 387. The van der Waals surface area contributed by atoms with Gasteiger partial charge in [-0.25, -0.2) is 4.39 Å². The van der Waals surface area contributed by atoms with Gasteiger partial charge in [-0.05, 0) is 32.0 Å². The van der Waals surface area contributed by atoms with E-state index in [1.165, 1.54) is 18.2 Å². The lowest BCUT2D eigenvalue weighted by Gasteiger charge is -2.14. The number of halogens is 2. The third-order valence-electron chi connectivity index (χ3n) is 1.75. The number of amides is 1. The maximum atomic E-state index is 13.2. The van der Waals surface area contributed by atoms with Gasteiger partial charge in [0.25, 0.3) is 5.91 Å². The topological polar surface area (TPSA) is 49.3 Å². The molecule has 0 saturated heterocycles. The van der Waals surface area contributed by atoms with Crippen LogP contribution in [0.1, 0.15) is 13.8 Å². The van der Waals surface area contributed by atoms with E-state index in [0.717, 1.165) is 13.8 Å². The minimum Gasteiger partial charge on any atom is -0.506 e. The molecule has 82 valence electrons. The summed E-state index contributed by atoms with van der Waals surface area (Å²) in [5.41, 5.74) is -1.61. The van der Waals surface area contributed by atoms with E-state index in [4.69, 9.17) is 16.7 Å². The fraction of sp³-hybridized carbons (Fsp3) is 0.300. The van der Waals surface area contributed by atoms with Gasteiger partial charge in [0.2, 0.25) is 0 Å². The number of nitrogens with one attached hydrogen (secondary N) is 1. The number of phenols is 1. The van der Waals surface area contributed by atoms with E-state index < -0.39 is 11.6 Å². The van der Waals surface area contributed by atoms with E-state index in [0.29, 0.717) is 5.69 Å². The number of carbonyl (C=O) groups excluding carboxylic acids is 1. The Hall–Kier alpha value is -1.29. The van der Waals surface area contributed by atoms with E-state index in [9.17, 15) is 9.18 Å². The standard InChI is InChI=1S/C10H11ClFNO2/c1-10(2,12)9(15)13-6-3-4-8(14)7(11)5-6/h3-5,14H,1-2H3,(H,13,15). The van der Waals surface area contributed by atoms with Gasteiger partial charge >= 0.3 is 0 Å². The zero-order valence-electron chi connectivity index (χ0n) is 8.34. The van der Waals surface area contributed by atoms with E-state index in [2.05, 4.69) is 5.32 Å². The van der Waals surface area contributed by atoms with Crippen LogP contribution in [0, 0.1) is 0 Å². The van der Waals surface area contributed by atoms with Crippen LogP contribution in [0.5, 0.6) is 5.75 Å². The van der Waals surface area contributed by atoms with Gasteiger partial charge in [-0.2, -0.15) is 0 Å². The molecule has 15 heavy (non-hydrogen) atoms. The van der Waals surface area contributed by atoms with Crippen LogP contribution in [0.2, 0.25) is 5.02 Å². The summed E-state index contributed by atoms with van der Waals surface area (Å²) in [4.78, 5) is 11.2. The Morgan fingerprint density at radius 1 is 1.53 bits per heavy atom. The predicted octanol–water partition coefficient (Wildman–Crippen LogP) is 2.73. The molecule has 1 amide bonds. The average Bonchev–Trinajstić information content (AvgIpc) is 2.10. The van der Waals surface area contributed by atoms with Crippen molar-refractivity contribution >= 4 is 23.2 Å². The van der Waals surface area contributed by atoms with Crippen LogP contribution in [-0.2, 0) is 4.79 Å². The summed E-state index contributed by atoms with van der Waals surface area (Å²) in [6.45, 7) is 2.31. The SMILES string of the molecule is CC(C)(F)C(=O)Nc1ccc(O)c(Cl)c1. The molecule has 1 aromatic carbocycles. The van der Waals surface area contributed by atoms with Crippen LogP contribution in [-0.4, -0.2) is 16.7 Å². The Labute approximate surface area is 91.9 Å². The molecule has 3 nitrogen and oxygen atoms in total. The highest BCUT2D eigenvalue weighted by atomic mass is 35.5. The molecule has 0 fully saturated rings. The van der Waals surface area contributed by atoms with Crippen molar-refractivity contribution in [1.29, 1.82) is 0 Å². The van der Waals surface area contributed by atoms with Crippen LogP contribution >= 0.6 is 11.6 Å². The molecule has 0 saturated carbocycles. The number of aromatic hydroxyl groups is 1. The summed E-state index contributed by atoms with van der Waals surface area (Å²) in [6.07, 6.45) is 0. The van der Waals surface area contributed by atoms with Gasteiger partial charge < -0.3 is 10.4 Å². The molecule has 0 atom stereocenters. The number of anilines is 1. The number of hydrogen-bond donors (Lipinski definition) is 2. The smallest absolute Gasteiger partial charge is 0.261 e. The lowest BCUT2D eigenvalue weighted by molar-refractivity contribution is -0.125. The summed E-state index contributed by atoms with van der Waals surface area (Å²) in [7, 11) is 0. The lowest BCUT2D eigenvalue weighted by Crippen LogP contribution is -2.32. The predicted molar refractivity (Wildman–Crippen MR) is 56.9 cm³/mol. The highest BCUT2D eigenvalue weighted by Gasteiger charge is 2.26. The Balaban J connectivity index is 2.83. The second-order valence-electron chi connectivity index (χ2n) is 3.59. The fourth-order valence-corrected chi connectivity index (χ4v) is 1.04. The molecule has 0 radical (unpaired) electrons. The first kappa shape index (κ1) is 11.8. The molecule has 0 heterocycles. The van der Waals surface area contributed by atoms with Gasteiger partial charge in [-0.3, -0.25) is 4.79 Å². The largest absolute Gasteiger partial charge is 0.506 e. The lowest BCUT2D eigenvalue weighted by atomic mass is 10.1. The van der Waals surface area contributed by atoms with Gasteiger partial charge in [-0.15, -0.1) is 0 Å². The van der Waals surface area contributed by atoms with Crippen molar-refractivity contribution < 1.29 is 14.3 Å². The normalized spacial score (nSPS) is 11.2. The molecule has 0 aromatic heterocycles. The van der Waals surface area contributed by atoms with Crippen LogP contribution < -0.4 is 5.32 Å². The number of alkyl halides is 1. The number of carbonyl (C=O) groups is 1. The molecule has 0 unspecified atom stereocenters. The molecule has 0 aliphatic rings. The Kier molecular flexibility index (Phi) is 3.19. The zero-order valence-corrected chi connectivity index (χ0v) is 9.10. The summed E-state index contributed by atoms with van der Waals surface area (Å²) >= 11 is 5.62. The van der Waals surface area contributed by atoms with E-state index in [1.54, 1.807) is 0 Å². The van der Waals surface area contributed by atoms with Crippen molar-refractivity contribution in [2.75, 3.05) is 5.32 Å². The summed E-state index contributed by atoms with van der Waals surface area (Å²) in [5.74, 6) is -0.849. The number of phenolic OH excluding ortho intramolecular Hbond substituents is 1. The molecule has 5 heteroatoms. The van der Waals surface area contributed by atoms with Crippen molar-refractivity contribution in [2.45, 2.75) is 19.5 Å². The van der Waals surface area contributed by atoms with Gasteiger partial charge in [0.1, 0.15) is 5.75 Å². The Morgan fingerprint density at radius 3 is 2.60 bits per heavy atom. The summed E-state index contributed by atoms with van der Waals surface area (Å²) in [5, 5.41) is 11.6. The van der Waals surface area contributed by atoms with Gasteiger partial charge in [-0.1, -0.05) is 11.6 Å². The van der Waals surface area contributed by atoms with E-state index in [-0.39, 0.29) is 10.8 Å². The molecule has 0 aliphatic carbocycles. The van der Waals surface area contributed by atoms with Crippen LogP contribution in [0.25, 0.3) is 0 Å². The zero-order chi connectivity index (χ0) is 11.6. The third kappa shape index (κ3) is 3.09. The minimum atomic E-state index is -1.95. The van der Waals surface area contributed by atoms with Crippen molar-refractivity contribution in [3.63, 3.8) is 0 Å². The molecular formula is C10H11ClFNO2. The maximum absolute atomic E-state index is 13.2. The monoisotopic (exact) mass is 231 g/mol. The molecule has 1 aromatic rings. The summed E-state index contributed by atoms with van der Waals surface area (Å²) in [6, 6.07) is 4.11. The molecular weight excluding hydrogens is 221 g/mol. The fourth-order valence-electron chi connectivity index (χ4n) is 0.864.